The molecular formula is C14H30N2. The van der Waals surface area contributed by atoms with Gasteiger partial charge in [0.2, 0.25) is 0 Å². The number of hydrogen-bond donors (Lipinski definition) is 1. The summed E-state index contributed by atoms with van der Waals surface area (Å²) in [5.74, 6) is 0.759. The first-order valence-corrected chi connectivity index (χ1v) is 6.92. The van der Waals surface area contributed by atoms with E-state index < -0.39 is 0 Å². The Labute approximate surface area is 102 Å². The maximum atomic E-state index is 3.71. The van der Waals surface area contributed by atoms with E-state index in [0.717, 1.165) is 5.92 Å². The quantitative estimate of drug-likeness (QED) is 0.775. The molecule has 1 saturated heterocycles. The molecule has 1 aliphatic rings. The van der Waals surface area contributed by atoms with Crippen molar-refractivity contribution in [3.63, 3.8) is 0 Å². The lowest BCUT2D eigenvalue weighted by atomic mass is 9.90. The van der Waals surface area contributed by atoms with Crippen molar-refractivity contribution in [1.29, 1.82) is 0 Å². The minimum Gasteiger partial charge on any atom is -0.310 e. The molecule has 1 aliphatic heterocycles. The highest BCUT2D eigenvalue weighted by molar-refractivity contribution is 4.90. The van der Waals surface area contributed by atoms with E-state index in [0.29, 0.717) is 11.6 Å². The maximum Gasteiger partial charge on any atom is 0.0280 e. The van der Waals surface area contributed by atoms with E-state index in [2.05, 4.69) is 44.8 Å². The number of nitrogens with one attached hydrogen (secondary N) is 1. The van der Waals surface area contributed by atoms with Gasteiger partial charge in [0.25, 0.3) is 0 Å². The topological polar surface area (TPSA) is 15.3 Å². The predicted molar refractivity (Wildman–Crippen MR) is 71.8 cm³/mol. The Balaban J connectivity index is 2.52. The fourth-order valence-corrected chi connectivity index (χ4v) is 2.63. The first-order valence-electron chi connectivity index (χ1n) is 6.92. The molecule has 0 aromatic heterocycles. The third-order valence-electron chi connectivity index (χ3n) is 3.59. The third-order valence-corrected chi connectivity index (χ3v) is 3.59. The molecule has 1 fully saturated rings. The Bertz CT molecular complexity index is 193. The summed E-state index contributed by atoms with van der Waals surface area (Å²) >= 11 is 0. The molecule has 0 spiro atoms. The van der Waals surface area contributed by atoms with E-state index in [1.165, 1.54) is 38.9 Å². The van der Waals surface area contributed by atoms with Crippen LogP contribution >= 0.6 is 0 Å². The van der Waals surface area contributed by atoms with Gasteiger partial charge in [0, 0.05) is 24.7 Å². The van der Waals surface area contributed by atoms with Crippen LogP contribution in [0.1, 0.15) is 53.9 Å². The van der Waals surface area contributed by atoms with Crippen LogP contribution in [0.5, 0.6) is 0 Å². The molecule has 1 unspecified atom stereocenters. The Morgan fingerprint density at radius 3 is 2.31 bits per heavy atom. The molecule has 96 valence electrons. The van der Waals surface area contributed by atoms with E-state index in [4.69, 9.17) is 0 Å². The monoisotopic (exact) mass is 226 g/mol. The summed E-state index contributed by atoms with van der Waals surface area (Å²) in [6, 6.07) is 0.656. The van der Waals surface area contributed by atoms with E-state index in [1.54, 1.807) is 0 Å². The number of piperidine rings is 1. The molecule has 2 nitrogen and oxygen atoms in total. The molecule has 0 aromatic rings. The average Bonchev–Trinajstić information content (AvgIpc) is 2.16. The molecule has 1 rings (SSSR count). The van der Waals surface area contributed by atoms with Gasteiger partial charge in [-0.25, -0.2) is 0 Å². The van der Waals surface area contributed by atoms with Gasteiger partial charge in [-0.2, -0.15) is 0 Å². The van der Waals surface area contributed by atoms with Crippen LogP contribution in [-0.4, -0.2) is 36.1 Å². The molecule has 0 radical (unpaired) electrons. The zero-order valence-electron chi connectivity index (χ0n) is 11.8. The SMILES string of the molecule is CC(C)CN(CC1(C)CCCCN1)C(C)C. The lowest BCUT2D eigenvalue weighted by molar-refractivity contribution is 0.124. The Kier molecular flexibility index (Phi) is 5.26. The van der Waals surface area contributed by atoms with Crippen LogP contribution in [0.25, 0.3) is 0 Å². The normalized spacial score (nSPS) is 27.0. The second-order valence-electron chi connectivity index (χ2n) is 6.36. The Morgan fingerprint density at radius 2 is 1.88 bits per heavy atom. The summed E-state index contributed by atoms with van der Waals surface area (Å²) in [7, 11) is 0. The fourth-order valence-electron chi connectivity index (χ4n) is 2.63. The van der Waals surface area contributed by atoms with Crippen molar-refractivity contribution in [2.45, 2.75) is 65.5 Å². The molecule has 0 aliphatic carbocycles. The van der Waals surface area contributed by atoms with Crippen LogP contribution in [0.4, 0.5) is 0 Å². The van der Waals surface area contributed by atoms with Crippen LogP contribution in [0.15, 0.2) is 0 Å². The second kappa shape index (κ2) is 6.02. The van der Waals surface area contributed by atoms with Crippen LogP contribution in [0, 0.1) is 5.92 Å². The zero-order chi connectivity index (χ0) is 12.2. The molecular weight excluding hydrogens is 196 g/mol. The number of hydrogen-bond acceptors (Lipinski definition) is 2. The summed E-state index contributed by atoms with van der Waals surface area (Å²) in [4.78, 5) is 2.63. The number of nitrogens with zero attached hydrogens (tertiary/aromatic N) is 1. The van der Waals surface area contributed by atoms with Crippen LogP contribution in [-0.2, 0) is 0 Å². The maximum absolute atomic E-state index is 3.71. The van der Waals surface area contributed by atoms with E-state index in [-0.39, 0.29) is 0 Å². The summed E-state index contributed by atoms with van der Waals surface area (Å²) in [6.07, 6.45) is 4.06. The molecule has 0 saturated carbocycles. The molecule has 2 heteroatoms. The molecule has 16 heavy (non-hydrogen) atoms. The third kappa shape index (κ3) is 4.42. The van der Waals surface area contributed by atoms with Gasteiger partial charge in [-0.15, -0.1) is 0 Å². The largest absolute Gasteiger partial charge is 0.310 e. The van der Waals surface area contributed by atoms with Gasteiger partial charge in [-0.05, 0) is 46.1 Å². The van der Waals surface area contributed by atoms with E-state index in [1.807, 2.05) is 0 Å². The average molecular weight is 226 g/mol. The highest BCUT2D eigenvalue weighted by atomic mass is 15.2. The van der Waals surface area contributed by atoms with Gasteiger partial charge in [0.1, 0.15) is 0 Å². The second-order valence-corrected chi connectivity index (χ2v) is 6.36. The van der Waals surface area contributed by atoms with Crippen molar-refractivity contribution >= 4 is 0 Å². The summed E-state index contributed by atoms with van der Waals surface area (Å²) in [6.45, 7) is 15.3. The standard InChI is InChI=1S/C14H30N2/c1-12(2)10-16(13(3)4)11-14(5)8-6-7-9-15-14/h12-13,15H,6-11H2,1-5H3. The molecule has 0 aromatic carbocycles. The highest BCUT2D eigenvalue weighted by Gasteiger charge is 2.29. The van der Waals surface area contributed by atoms with Gasteiger partial charge in [-0.3, -0.25) is 4.90 Å². The lowest BCUT2D eigenvalue weighted by Gasteiger charge is -2.41. The van der Waals surface area contributed by atoms with Gasteiger partial charge in [-0.1, -0.05) is 20.3 Å². The Morgan fingerprint density at radius 1 is 1.19 bits per heavy atom. The van der Waals surface area contributed by atoms with E-state index in [9.17, 15) is 0 Å². The minimum atomic E-state index is 0.345. The van der Waals surface area contributed by atoms with Crippen molar-refractivity contribution in [3.8, 4) is 0 Å². The fraction of sp³-hybridized carbons (Fsp3) is 1.00. The molecule has 1 heterocycles. The summed E-state index contributed by atoms with van der Waals surface area (Å²) in [5, 5.41) is 3.71. The molecule has 1 N–H and O–H groups in total. The van der Waals surface area contributed by atoms with Gasteiger partial charge in [0.05, 0.1) is 0 Å². The zero-order valence-corrected chi connectivity index (χ0v) is 11.8. The molecule has 0 bridgehead atoms. The predicted octanol–water partition coefficient (Wildman–Crippen LogP) is 2.89. The van der Waals surface area contributed by atoms with Crippen molar-refractivity contribution < 1.29 is 0 Å². The number of rotatable bonds is 5. The van der Waals surface area contributed by atoms with Gasteiger partial charge >= 0.3 is 0 Å². The van der Waals surface area contributed by atoms with Crippen molar-refractivity contribution in [2.75, 3.05) is 19.6 Å². The van der Waals surface area contributed by atoms with Crippen LogP contribution in [0.3, 0.4) is 0 Å². The molecule has 0 amide bonds. The first-order chi connectivity index (χ1) is 7.43. The van der Waals surface area contributed by atoms with Gasteiger partial charge in [0.15, 0.2) is 0 Å². The van der Waals surface area contributed by atoms with Crippen molar-refractivity contribution in [3.05, 3.63) is 0 Å². The Hall–Kier alpha value is -0.0800. The summed E-state index contributed by atoms with van der Waals surface area (Å²) < 4.78 is 0. The highest BCUT2D eigenvalue weighted by Crippen LogP contribution is 2.21. The van der Waals surface area contributed by atoms with Crippen molar-refractivity contribution in [1.82, 2.24) is 10.2 Å². The van der Waals surface area contributed by atoms with Crippen LogP contribution < -0.4 is 5.32 Å². The summed E-state index contributed by atoms with van der Waals surface area (Å²) in [5.41, 5.74) is 0.345. The minimum absolute atomic E-state index is 0.345. The van der Waals surface area contributed by atoms with E-state index >= 15 is 0 Å². The smallest absolute Gasteiger partial charge is 0.0280 e. The van der Waals surface area contributed by atoms with Crippen LogP contribution in [0.2, 0.25) is 0 Å². The van der Waals surface area contributed by atoms with Crippen molar-refractivity contribution in [2.24, 2.45) is 5.92 Å². The first kappa shape index (κ1) is 14.0. The lowest BCUT2D eigenvalue weighted by Crippen LogP contribution is -2.55. The van der Waals surface area contributed by atoms with Gasteiger partial charge < -0.3 is 5.32 Å². The molecule has 1 atom stereocenters.